The van der Waals surface area contributed by atoms with Gasteiger partial charge in [-0.1, -0.05) is 52.3 Å². The highest BCUT2D eigenvalue weighted by molar-refractivity contribution is 9.09. The zero-order valence-electron chi connectivity index (χ0n) is 15.8. The lowest BCUT2D eigenvalue weighted by molar-refractivity contribution is -0.132. The Kier molecular flexibility index (Phi) is 4.15. The van der Waals surface area contributed by atoms with Crippen LogP contribution < -0.4 is 15.1 Å². The molecule has 2 saturated heterocycles. The van der Waals surface area contributed by atoms with Gasteiger partial charge in [-0.05, 0) is 25.1 Å². The van der Waals surface area contributed by atoms with Gasteiger partial charge in [-0.2, -0.15) is 0 Å². The number of nitrogens with one attached hydrogen (secondary N) is 1. The minimum atomic E-state index is -1.21. The third-order valence-electron chi connectivity index (χ3n) is 6.34. The Balaban J connectivity index is 1.67. The first kappa shape index (κ1) is 18.5. The highest BCUT2D eigenvalue weighted by Gasteiger charge is 2.70. The molecule has 0 unspecified atom stereocenters. The molecule has 0 saturated carbocycles. The topological polar surface area (TPSA) is 69.7 Å². The average Bonchev–Trinajstić information content (AvgIpc) is 3.27. The SMILES string of the molecule is C[C@H]1N[C@]2(C(=O)N(CCBr)c3ccccc32)[C@@H]2C(=O)N(c3ccccc3)C(=O)[C@@H]21. The number of carbonyl (C=O) groups excluding carboxylic acids is 3. The van der Waals surface area contributed by atoms with Crippen LogP contribution in [-0.2, 0) is 19.9 Å². The maximum absolute atomic E-state index is 13.7. The van der Waals surface area contributed by atoms with Crippen molar-refractivity contribution in [2.24, 2.45) is 11.8 Å². The zero-order chi connectivity index (χ0) is 20.3. The molecule has 3 aliphatic heterocycles. The van der Waals surface area contributed by atoms with Crippen molar-refractivity contribution >= 4 is 45.0 Å². The molecule has 0 radical (unpaired) electrons. The van der Waals surface area contributed by atoms with Crippen molar-refractivity contribution in [2.75, 3.05) is 21.7 Å². The fraction of sp³-hybridized carbons (Fsp3) is 0.318. The number of fused-ring (bicyclic) bond motifs is 4. The summed E-state index contributed by atoms with van der Waals surface area (Å²) in [5.74, 6) is -2.06. The highest BCUT2D eigenvalue weighted by Crippen LogP contribution is 2.54. The maximum Gasteiger partial charge on any atom is 0.252 e. The predicted molar refractivity (Wildman–Crippen MR) is 113 cm³/mol. The molecule has 7 heteroatoms. The molecule has 2 aromatic rings. The van der Waals surface area contributed by atoms with E-state index in [0.29, 0.717) is 17.6 Å². The largest absolute Gasteiger partial charge is 0.309 e. The number of carbonyl (C=O) groups is 3. The monoisotopic (exact) mass is 453 g/mol. The molecule has 0 aromatic heterocycles. The lowest BCUT2D eigenvalue weighted by Gasteiger charge is -2.30. The van der Waals surface area contributed by atoms with Crippen LogP contribution in [0.4, 0.5) is 11.4 Å². The molecule has 3 aliphatic rings. The Morgan fingerprint density at radius 3 is 2.41 bits per heavy atom. The second kappa shape index (κ2) is 6.50. The number of alkyl halides is 1. The molecule has 4 atom stereocenters. The Morgan fingerprint density at radius 2 is 1.69 bits per heavy atom. The number of nitrogens with zero attached hydrogens (tertiary/aromatic N) is 2. The summed E-state index contributed by atoms with van der Waals surface area (Å²) in [6.07, 6.45) is 0. The number of rotatable bonds is 3. The van der Waals surface area contributed by atoms with Gasteiger partial charge in [-0.15, -0.1) is 0 Å². The van der Waals surface area contributed by atoms with E-state index in [1.165, 1.54) is 4.90 Å². The summed E-state index contributed by atoms with van der Waals surface area (Å²) in [6, 6.07) is 16.2. The molecule has 29 heavy (non-hydrogen) atoms. The quantitative estimate of drug-likeness (QED) is 0.572. The van der Waals surface area contributed by atoms with Crippen molar-refractivity contribution in [1.29, 1.82) is 0 Å². The predicted octanol–water partition coefficient (Wildman–Crippen LogP) is 2.42. The van der Waals surface area contributed by atoms with E-state index < -0.39 is 17.4 Å². The van der Waals surface area contributed by atoms with E-state index in [-0.39, 0.29) is 23.8 Å². The minimum absolute atomic E-state index is 0.159. The van der Waals surface area contributed by atoms with Crippen LogP contribution in [0.2, 0.25) is 0 Å². The van der Waals surface area contributed by atoms with Gasteiger partial charge < -0.3 is 4.90 Å². The third kappa shape index (κ3) is 2.28. The van der Waals surface area contributed by atoms with Gasteiger partial charge in [0.15, 0.2) is 0 Å². The number of para-hydroxylation sites is 2. The average molecular weight is 454 g/mol. The second-order valence-electron chi connectivity index (χ2n) is 7.75. The van der Waals surface area contributed by atoms with Gasteiger partial charge in [-0.25, -0.2) is 4.90 Å². The van der Waals surface area contributed by atoms with E-state index in [1.807, 2.05) is 37.3 Å². The van der Waals surface area contributed by atoms with E-state index in [0.717, 1.165) is 11.3 Å². The molecule has 0 bridgehead atoms. The van der Waals surface area contributed by atoms with Crippen LogP contribution in [0.15, 0.2) is 54.6 Å². The Morgan fingerprint density at radius 1 is 1.00 bits per heavy atom. The smallest absolute Gasteiger partial charge is 0.252 e. The van der Waals surface area contributed by atoms with Crippen LogP contribution in [0, 0.1) is 11.8 Å². The maximum atomic E-state index is 13.7. The summed E-state index contributed by atoms with van der Waals surface area (Å²) in [7, 11) is 0. The summed E-state index contributed by atoms with van der Waals surface area (Å²) in [4.78, 5) is 43.6. The Hall–Kier alpha value is -2.51. The first-order valence-corrected chi connectivity index (χ1v) is 10.8. The number of benzene rings is 2. The molecule has 6 nitrogen and oxygen atoms in total. The van der Waals surface area contributed by atoms with Crippen LogP contribution in [-0.4, -0.2) is 35.6 Å². The zero-order valence-corrected chi connectivity index (χ0v) is 17.4. The molecule has 0 aliphatic carbocycles. The van der Waals surface area contributed by atoms with Crippen molar-refractivity contribution in [2.45, 2.75) is 18.5 Å². The van der Waals surface area contributed by atoms with Crippen molar-refractivity contribution in [3.63, 3.8) is 0 Å². The lowest BCUT2D eigenvalue weighted by atomic mass is 9.76. The van der Waals surface area contributed by atoms with Gasteiger partial charge in [0, 0.05) is 29.2 Å². The van der Waals surface area contributed by atoms with Crippen LogP contribution >= 0.6 is 15.9 Å². The third-order valence-corrected chi connectivity index (χ3v) is 6.69. The number of halogens is 1. The van der Waals surface area contributed by atoms with Crippen LogP contribution in [0.1, 0.15) is 12.5 Å². The molecule has 2 fully saturated rings. The number of amides is 3. The van der Waals surface area contributed by atoms with E-state index in [9.17, 15) is 14.4 Å². The van der Waals surface area contributed by atoms with Gasteiger partial charge in [0.2, 0.25) is 11.8 Å². The summed E-state index contributed by atoms with van der Waals surface area (Å²) in [5, 5.41) is 4.00. The molecule has 5 rings (SSSR count). The molecule has 1 N–H and O–H groups in total. The minimum Gasteiger partial charge on any atom is -0.309 e. The number of hydrogen-bond acceptors (Lipinski definition) is 4. The molecule has 1 spiro atoms. The van der Waals surface area contributed by atoms with Crippen LogP contribution in [0.3, 0.4) is 0 Å². The molecular weight excluding hydrogens is 434 g/mol. The summed E-state index contributed by atoms with van der Waals surface area (Å²) >= 11 is 3.42. The number of imide groups is 1. The van der Waals surface area contributed by atoms with Gasteiger partial charge >= 0.3 is 0 Å². The van der Waals surface area contributed by atoms with Gasteiger partial charge in [0.1, 0.15) is 5.54 Å². The fourth-order valence-electron chi connectivity index (χ4n) is 5.25. The fourth-order valence-corrected chi connectivity index (χ4v) is 5.60. The van der Waals surface area contributed by atoms with Crippen molar-refractivity contribution in [3.8, 4) is 0 Å². The molecule has 3 heterocycles. The van der Waals surface area contributed by atoms with Gasteiger partial charge in [-0.3, -0.25) is 19.7 Å². The van der Waals surface area contributed by atoms with Crippen LogP contribution in [0.25, 0.3) is 0 Å². The van der Waals surface area contributed by atoms with E-state index in [1.54, 1.807) is 29.2 Å². The lowest BCUT2D eigenvalue weighted by Crippen LogP contribution is -2.55. The van der Waals surface area contributed by atoms with Crippen LogP contribution in [0.5, 0.6) is 0 Å². The normalized spacial score (nSPS) is 30.4. The first-order valence-electron chi connectivity index (χ1n) is 9.70. The second-order valence-corrected chi connectivity index (χ2v) is 8.55. The standard InChI is InChI=1S/C22H20BrN3O3/c1-13-17-18(20(28)26(19(17)27)14-7-3-2-4-8-14)22(24-13)15-9-5-6-10-16(15)25(12-11-23)21(22)29/h2-10,13,17-18,24H,11-12H2,1H3/t13-,17-,18+,22+/m1/s1. The number of hydrogen-bond donors (Lipinski definition) is 1. The van der Waals surface area contributed by atoms with Crippen molar-refractivity contribution in [1.82, 2.24) is 5.32 Å². The first-order chi connectivity index (χ1) is 14.0. The van der Waals surface area contributed by atoms with Crippen molar-refractivity contribution in [3.05, 3.63) is 60.2 Å². The Bertz CT molecular complexity index is 1030. The summed E-state index contributed by atoms with van der Waals surface area (Å²) in [5.41, 5.74) is 0.923. The van der Waals surface area contributed by atoms with E-state index >= 15 is 0 Å². The molecule has 3 amide bonds. The van der Waals surface area contributed by atoms with Gasteiger partial charge in [0.05, 0.1) is 17.5 Å². The summed E-state index contributed by atoms with van der Waals surface area (Å²) in [6.45, 7) is 2.38. The van der Waals surface area contributed by atoms with E-state index in [2.05, 4.69) is 21.2 Å². The summed E-state index contributed by atoms with van der Waals surface area (Å²) < 4.78 is 0. The van der Waals surface area contributed by atoms with Gasteiger partial charge in [0.25, 0.3) is 5.91 Å². The van der Waals surface area contributed by atoms with Crippen molar-refractivity contribution < 1.29 is 14.4 Å². The highest BCUT2D eigenvalue weighted by atomic mass is 79.9. The Labute approximate surface area is 177 Å². The molecule has 2 aromatic carbocycles. The number of anilines is 2. The molecular formula is C22H20BrN3O3. The van der Waals surface area contributed by atoms with E-state index in [4.69, 9.17) is 0 Å². The molecule has 148 valence electrons.